The molecule has 2 aromatic rings. The van der Waals surface area contributed by atoms with E-state index >= 15 is 0 Å². The van der Waals surface area contributed by atoms with Gasteiger partial charge in [0.15, 0.2) is 0 Å². The van der Waals surface area contributed by atoms with Crippen molar-refractivity contribution in [3.8, 4) is 0 Å². The third kappa shape index (κ3) is 2.88. The zero-order valence-corrected chi connectivity index (χ0v) is 12.1. The van der Waals surface area contributed by atoms with Crippen molar-refractivity contribution in [3.63, 3.8) is 0 Å². The molecule has 3 N–H and O–H groups in total. The Morgan fingerprint density at radius 2 is 2.15 bits per heavy atom. The highest BCUT2D eigenvalue weighted by molar-refractivity contribution is 6.03. The molecule has 0 fully saturated rings. The Labute approximate surface area is 118 Å². The van der Waals surface area contributed by atoms with Crippen LogP contribution in [-0.4, -0.2) is 15.7 Å². The number of anilines is 1. The minimum atomic E-state index is -0.173. The van der Waals surface area contributed by atoms with Crippen LogP contribution in [0.3, 0.4) is 0 Å². The standard InChI is InChI=1S/C15H20N4O/c1-4-11-9-14(19(3)18-11)15(20)17-13-8-6-5-7-12(13)10(2)16/h5-10H,4,16H2,1-3H3,(H,17,20). The number of para-hydroxylation sites is 1. The number of carbonyl (C=O) groups excluding carboxylic acids is 1. The summed E-state index contributed by atoms with van der Waals surface area (Å²) in [5, 5.41) is 7.19. The fourth-order valence-electron chi connectivity index (χ4n) is 2.11. The predicted molar refractivity (Wildman–Crippen MR) is 79.6 cm³/mol. The maximum atomic E-state index is 12.3. The second-order valence-corrected chi connectivity index (χ2v) is 4.83. The predicted octanol–water partition coefficient (Wildman–Crippen LogP) is 2.25. The first-order chi connectivity index (χ1) is 9.52. The summed E-state index contributed by atoms with van der Waals surface area (Å²) in [6.07, 6.45) is 0.803. The van der Waals surface area contributed by atoms with Crippen LogP contribution in [0.5, 0.6) is 0 Å². The van der Waals surface area contributed by atoms with E-state index in [1.54, 1.807) is 11.7 Å². The lowest BCUT2D eigenvalue weighted by molar-refractivity contribution is 0.101. The van der Waals surface area contributed by atoms with Crippen molar-refractivity contribution in [3.05, 3.63) is 47.3 Å². The topological polar surface area (TPSA) is 72.9 Å². The summed E-state index contributed by atoms with van der Waals surface area (Å²) in [7, 11) is 1.77. The summed E-state index contributed by atoms with van der Waals surface area (Å²) >= 11 is 0. The van der Waals surface area contributed by atoms with Crippen molar-refractivity contribution in [2.45, 2.75) is 26.3 Å². The smallest absolute Gasteiger partial charge is 0.273 e. The van der Waals surface area contributed by atoms with E-state index in [1.165, 1.54) is 0 Å². The molecule has 1 heterocycles. The number of rotatable bonds is 4. The molecule has 1 unspecified atom stereocenters. The van der Waals surface area contributed by atoms with Crippen molar-refractivity contribution in [2.24, 2.45) is 12.8 Å². The van der Waals surface area contributed by atoms with E-state index in [0.717, 1.165) is 23.4 Å². The number of benzene rings is 1. The maximum absolute atomic E-state index is 12.3. The molecule has 5 heteroatoms. The molecular formula is C15H20N4O. The van der Waals surface area contributed by atoms with Gasteiger partial charge in [-0.15, -0.1) is 0 Å². The first-order valence-corrected chi connectivity index (χ1v) is 6.71. The van der Waals surface area contributed by atoms with E-state index in [2.05, 4.69) is 10.4 Å². The molecule has 0 saturated carbocycles. The molecule has 5 nitrogen and oxygen atoms in total. The molecule has 0 radical (unpaired) electrons. The fraction of sp³-hybridized carbons (Fsp3) is 0.333. The van der Waals surface area contributed by atoms with Crippen LogP contribution >= 0.6 is 0 Å². The first kappa shape index (κ1) is 14.3. The SMILES string of the molecule is CCc1cc(C(=O)Nc2ccccc2C(C)N)n(C)n1. The van der Waals surface area contributed by atoms with E-state index in [0.29, 0.717) is 5.69 Å². The Kier molecular flexibility index (Phi) is 4.20. The van der Waals surface area contributed by atoms with E-state index in [4.69, 9.17) is 5.73 Å². The van der Waals surface area contributed by atoms with Gasteiger partial charge in [0.25, 0.3) is 5.91 Å². The van der Waals surface area contributed by atoms with Crippen LogP contribution in [-0.2, 0) is 13.5 Å². The summed E-state index contributed by atoms with van der Waals surface area (Å²) in [5.41, 5.74) is 9.02. The van der Waals surface area contributed by atoms with Crippen LogP contribution in [0.1, 0.15) is 41.6 Å². The van der Waals surface area contributed by atoms with Crippen molar-refractivity contribution < 1.29 is 4.79 Å². The molecule has 1 atom stereocenters. The number of hydrogen-bond acceptors (Lipinski definition) is 3. The summed E-state index contributed by atoms with van der Waals surface area (Å²) in [4.78, 5) is 12.3. The molecule has 20 heavy (non-hydrogen) atoms. The molecule has 106 valence electrons. The Bertz CT molecular complexity index is 616. The number of aromatic nitrogens is 2. The molecule has 0 bridgehead atoms. The number of hydrogen-bond donors (Lipinski definition) is 2. The van der Waals surface area contributed by atoms with Gasteiger partial charge in [-0.05, 0) is 31.0 Å². The summed E-state index contributed by atoms with van der Waals surface area (Å²) in [6.45, 7) is 3.90. The van der Waals surface area contributed by atoms with Crippen molar-refractivity contribution in [1.29, 1.82) is 0 Å². The largest absolute Gasteiger partial charge is 0.324 e. The van der Waals surface area contributed by atoms with Gasteiger partial charge in [0.05, 0.1) is 5.69 Å². The Balaban J connectivity index is 2.25. The zero-order valence-electron chi connectivity index (χ0n) is 12.1. The molecular weight excluding hydrogens is 252 g/mol. The van der Waals surface area contributed by atoms with E-state index in [-0.39, 0.29) is 11.9 Å². The maximum Gasteiger partial charge on any atom is 0.273 e. The van der Waals surface area contributed by atoms with Gasteiger partial charge >= 0.3 is 0 Å². The molecule has 2 rings (SSSR count). The average molecular weight is 272 g/mol. The zero-order chi connectivity index (χ0) is 14.7. The average Bonchev–Trinajstić information content (AvgIpc) is 2.80. The normalized spacial score (nSPS) is 12.2. The highest BCUT2D eigenvalue weighted by Crippen LogP contribution is 2.21. The molecule has 0 aliphatic heterocycles. The van der Waals surface area contributed by atoms with Gasteiger partial charge in [-0.3, -0.25) is 9.48 Å². The third-order valence-electron chi connectivity index (χ3n) is 3.22. The van der Waals surface area contributed by atoms with E-state index < -0.39 is 0 Å². The van der Waals surface area contributed by atoms with Crippen LogP contribution in [0, 0.1) is 0 Å². The fourth-order valence-corrected chi connectivity index (χ4v) is 2.11. The second-order valence-electron chi connectivity index (χ2n) is 4.83. The van der Waals surface area contributed by atoms with E-state index in [1.807, 2.05) is 44.2 Å². The summed E-state index contributed by atoms with van der Waals surface area (Å²) in [5.74, 6) is -0.173. The van der Waals surface area contributed by atoms with Gasteiger partial charge in [0.2, 0.25) is 0 Å². The minimum Gasteiger partial charge on any atom is -0.324 e. The lowest BCUT2D eigenvalue weighted by Gasteiger charge is -2.13. The molecule has 0 aliphatic carbocycles. The Hall–Kier alpha value is -2.14. The van der Waals surface area contributed by atoms with Gasteiger partial charge in [0.1, 0.15) is 5.69 Å². The van der Waals surface area contributed by atoms with Gasteiger partial charge in [-0.25, -0.2) is 0 Å². The number of aryl methyl sites for hydroxylation is 2. The number of carbonyl (C=O) groups is 1. The number of nitrogens with two attached hydrogens (primary N) is 1. The third-order valence-corrected chi connectivity index (χ3v) is 3.22. The second kappa shape index (κ2) is 5.88. The van der Waals surface area contributed by atoms with E-state index in [9.17, 15) is 4.79 Å². The lowest BCUT2D eigenvalue weighted by Crippen LogP contribution is -2.18. The van der Waals surface area contributed by atoms with Crippen molar-refractivity contribution >= 4 is 11.6 Å². The quantitative estimate of drug-likeness (QED) is 0.896. The van der Waals surface area contributed by atoms with Gasteiger partial charge in [-0.2, -0.15) is 5.10 Å². The van der Waals surface area contributed by atoms with Crippen molar-refractivity contribution in [2.75, 3.05) is 5.32 Å². The van der Waals surface area contributed by atoms with Crippen LogP contribution in [0.25, 0.3) is 0 Å². The highest BCUT2D eigenvalue weighted by atomic mass is 16.2. The Morgan fingerprint density at radius 3 is 2.75 bits per heavy atom. The monoisotopic (exact) mass is 272 g/mol. The van der Waals surface area contributed by atoms with Crippen molar-refractivity contribution in [1.82, 2.24) is 9.78 Å². The number of amides is 1. The number of nitrogens with zero attached hydrogens (tertiary/aromatic N) is 2. The summed E-state index contributed by atoms with van der Waals surface area (Å²) in [6, 6.07) is 9.23. The molecule has 1 amide bonds. The molecule has 1 aromatic carbocycles. The van der Waals surface area contributed by atoms with Gasteiger partial charge in [-0.1, -0.05) is 25.1 Å². The lowest BCUT2D eigenvalue weighted by atomic mass is 10.1. The summed E-state index contributed by atoms with van der Waals surface area (Å²) < 4.78 is 1.60. The van der Waals surface area contributed by atoms with Gasteiger partial charge in [0, 0.05) is 18.8 Å². The first-order valence-electron chi connectivity index (χ1n) is 6.71. The number of nitrogens with one attached hydrogen (secondary N) is 1. The minimum absolute atomic E-state index is 0.135. The Morgan fingerprint density at radius 1 is 1.45 bits per heavy atom. The highest BCUT2D eigenvalue weighted by Gasteiger charge is 2.15. The van der Waals surface area contributed by atoms with Crippen LogP contribution in [0.2, 0.25) is 0 Å². The molecule has 1 aromatic heterocycles. The molecule has 0 saturated heterocycles. The molecule has 0 spiro atoms. The van der Waals surface area contributed by atoms with Gasteiger partial charge < -0.3 is 11.1 Å². The van der Waals surface area contributed by atoms with Crippen LogP contribution in [0.4, 0.5) is 5.69 Å². The van der Waals surface area contributed by atoms with Crippen LogP contribution in [0.15, 0.2) is 30.3 Å². The molecule has 0 aliphatic rings. The van der Waals surface area contributed by atoms with Crippen LogP contribution < -0.4 is 11.1 Å².